The lowest BCUT2D eigenvalue weighted by Gasteiger charge is -2.32. The Morgan fingerprint density at radius 3 is 2.62 bits per heavy atom. The molecule has 0 spiro atoms. The van der Waals surface area contributed by atoms with Gasteiger partial charge in [-0.1, -0.05) is 13.8 Å². The number of rotatable bonds is 8. The molecular formula is C17H32N4. The smallest absolute Gasteiger partial charge is 0.0625 e. The molecule has 1 aliphatic heterocycles. The molecule has 1 aliphatic rings. The molecule has 0 aliphatic carbocycles. The van der Waals surface area contributed by atoms with Gasteiger partial charge in [0.05, 0.1) is 11.4 Å². The molecule has 0 unspecified atom stereocenters. The lowest BCUT2D eigenvalue weighted by molar-refractivity contribution is 0.171. The molecule has 0 saturated carbocycles. The van der Waals surface area contributed by atoms with Crippen molar-refractivity contribution in [2.75, 3.05) is 26.2 Å². The molecule has 0 radical (unpaired) electrons. The van der Waals surface area contributed by atoms with Gasteiger partial charge >= 0.3 is 0 Å². The van der Waals surface area contributed by atoms with Crippen LogP contribution in [-0.2, 0) is 19.5 Å². The van der Waals surface area contributed by atoms with Crippen LogP contribution in [0.25, 0.3) is 0 Å². The van der Waals surface area contributed by atoms with Crippen molar-refractivity contribution in [2.24, 2.45) is 5.92 Å². The Labute approximate surface area is 129 Å². The van der Waals surface area contributed by atoms with E-state index in [4.69, 9.17) is 0 Å². The monoisotopic (exact) mass is 292 g/mol. The van der Waals surface area contributed by atoms with Gasteiger partial charge in [-0.3, -0.25) is 9.58 Å². The molecule has 2 rings (SSSR count). The highest BCUT2D eigenvalue weighted by Gasteiger charge is 2.20. The van der Waals surface area contributed by atoms with Crippen LogP contribution in [-0.4, -0.2) is 40.9 Å². The van der Waals surface area contributed by atoms with Gasteiger partial charge in [-0.2, -0.15) is 5.10 Å². The minimum Gasteiger partial charge on any atom is -0.316 e. The van der Waals surface area contributed by atoms with E-state index >= 15 is 0 Å². The zero-order valence-electron chi connectivity index (χ0n) is 14.1. The van der Waals surface area contributed by atoms with Gasteiger partial charge < -0.3 is 5.32 Å². The van der Waals surface area contributed by atoms with Crippen molar-refractivity contribution in [3.63, 3.8) is 0 Å². The van der Waals surface area contributed by atoms with Crippen molar-refractivity contribution >= 4 is 0 Å². The highest BCUT2D eigenvalue weighted by molar-refractivity contribution is 5.10. The third-order valence-electron chi connectivity index (χ3n) is 4.53. The zero-order valence-corrected chi connectivity index (χ0v) is 14.1. The predicted octanol–water partition coefficient (Wildman–Crippen LogP) is 2.68. The summed E-state index contributed by atoms with van der Waals surface area (Å²) >= 11 is 0. The Kier molecular flexibility index (Phi) is 6.71. The first-order chi connectivity index (χ1) is 10.3. The van der Waals surface area contributed by atoms with E-state index in [0.29, 0.717) is 0 Å². The summed E-state index contributed by atoms with van der Waals surface area (Å²) in [5, 5.41) is 8.22. The lowest BCUT2D eigenvalue weighted by atomic mass is 9.96. The molecule has 1 fully saturated rings. The summed E-state index contributed by atoms with van der Waals surface area (Å²) in [6.45, 7) is 13.5. The van der Waals surface area contributed by atoms with Gasteiger partial charge in [0, 0.05) is 13.1 Å². The van der Waals surface area contributed by atoms with Gasteiger partial charge in [0.15, 0.2) is 0 Å². The number of hydrogen-bond donors (Lipinski definition) is 1. The van der Waals surface area contributed by atoms with Crippen molar-refractivity contribution in [1.82, 2.24) is 20.0 Å². The van der Waals surface area contributed by atoms with Crippen molar-refractivity contribution < 1.29 is 0 Å². The molecule has 0 aromatic carbocycles. The van der Waals surface area contributed by atoms with Crippen LogP contribution in [0.4, 0.5) is 0 Å². The molecule has 4 heteroatoms. The maximum absolute atomic E-state index is 4.66. The summed E-state index contributed by atoms with van der Waals surface area (Å²) in [4.78, 5) is 2.60. The average Bonchev–Trinajstić information content (AvgIpc) is 2.91. The number of hydrogen-bond acceptors (Lipinski definition) is 3. The summed E-state index contributed by atoms with van der Waals surface area (Å²) < 4.78 is 2.17. The van der Waals surface area contributed by atoms with Crippen LogP contribution in [0.3, 0.4) is 0 Å². The van der Waals surface area contributed by atoms with Crippen molar-refractivity contribution in [3.8, 4) is 0 Å². The fourth-order valence-electron chi connectivity index (χ4n) is 3.15. The third kappa shape index (κ3) is 4.82. The minimum atomic E-state index is 0.870. The van der Waals surface area contributed by atoms with Crippen LogP contribution in [0.2, 0.25) is 0 Å². The number of aryl methyl sites for hydroxylation is 2. The van der Waals surface area contributed by atoms with Crippen LogP contribution in [0, 0.1) is 5.92 Å². The SMILES string of the molecule is CCCNCC1CCN(Cc2cc(CC)nn2CC)CC1. The van der Waals surface area contributed by atoms with Gasteiger partial charge in [0.2, 0.25) is 0 Å². The highest BCUT2D eigenvalue weighted by atomic mass is 15.3. The fraction of sp³-hybridized carbons (Fsp3) is 0.824. The Morgan fingerprint density at radius 2 is 2.00 bits per heavy atom. The molecule has 1 aromatic heterocycles. The topological polar surface area (TPSA) is 33.1 Å². The van der Waals surface area contributed by atoms with Crippen LogP contribution < -0.4 is 5.32 Å². The fourth-order valence-corrected chi connectivity index (χ4v) is 3.15. The van der Waals surface area contributed by atoms with Crippen molar-refractivity contribution in [1.29, 1.82) is 0 Å². The molecule has 0 amide bonds. The molecule has 2 heterocycles. The third-order valence-corrected chi connectivity index (χ3v) is 4.53. The first-order valence-electron chi connectivity index (χ1n) is 8.75. The van der Waals surface area contributed by atoms with E-state index in [1.54, 1.807) is 0 Å². The molecule has 120 valence electrons. The molecule has 21 heavy (non-hydrogen) atoms. The Balaban J connectivity index is 1.79. The number of likely N-dealkylation sites (tertiary alicyclic amines) is 1. The zero-order chi connectivity index (χ0) is 15.1. The number of nitrogens with one attached hydrogen (secondary N) is 1. The Hall–Kier alpha value is -0.870. The standard InChI is InChI=1S/C17H32N4/c1-4-9-18-13-15-7-10-20(11-8-15)14-17-12-16(5-2)19-21(17)6-3/h12,15,18H,4-11,13-14H2,1-3H3. The van der Waals surface area contributed by atoms with E-state index in [9.17, 15) is 0 Å². The first kappa shape index (κ1) is 16.5. The number of aromatic nitrogens is 2. The first-order valence-corrected chi connectivity index (χ1v) is 8.75. The molecule has 0 bridgehead atoms. The summed E-state index contributed by atoms with van der Waals surface area (Å²) in [5.74, 6) is 0.870. The van der Waals surface area contributed by atoms with E-state index in [1.165, 1.54) is 50.3 Å². The van der Waals surface area contributed by atoms with E-state index < -0.39 is 0 Å². The highest BCUT2D eigenvalue weighted by Crippen LogP contribution is 2.19. The summed E-state index contributed by atoms with van der Waals surface area (Å²) in [6, 6.07) is 2.29. The van der Waals surface area contributed by atoms with Crippen LogP contribution in [0.1, 0.15) is 51.4 Å². The predicted molar refractivity (Wildman–Crippen MR) is 88.4 cm³/mol. The van der Waals surface area contributed by atoms with Crippen molar-refractivity contribution in [3.05, 3.63) is 17.5 Å². The molecule has 0 atom stereocenters. The van der Waals surface area contributed by atoms with Gasteiger partial charge in [0.25, 0.3) is 0 Å². The maximum atomic E-state index is 4.66. The van der Waals surface area contributed by atoms with E-state index in [1.807, 2.05) is 0 Å². The van der Waals surface area contributed by atoms with Crippen molar-refractivity contribution in [2.45, 2.75) is 59.5 Å². The molecular weight excluding hydrogens is 260 g/mol. The molecule has 4 nitrogen and oxygen atoms in total. The van der Waals surface area contributed by atoms with E-state index in [0.717, 1.165) is 32.0 Å². The van der Waals surface area contributed by atoms with E-state index in [2.05, 4.69) is 46.8 Å². The van der Waals surface area contributed by atoms with Crippen LogP contribution in [0.5, 0.6) is 0 Å². The summed E-state index contributed by atoms with van der Waals surface area (Å²) in [6.07, 6.45) is 4.93. The summed E-state index contributed by atoms with van der Waals surface area (Å²) in [7, 11) is 0. The molecule has 1 N–H and O–H groups in total. The van der Waals surface area contributed by atoms with Gasteiger partial charge in [0.1, 0.15) is 0 Å². The van der Waals surface area contributed by atoms with Crippen LogP contribution >= 0.6 is 0 Å². The largest absolute Gasteiger partial charge is 0.316 e. The number of piperidine rings is 1. The van der Waals surface area contributed by atoms with Gasteiger partial charge in [-0.25, -0.2) is 0 Å². The van der Waals surface area contributed by atoms with Gasteiger partial charge in [-0.15, -0.1) is 0 Å². The Morgan fingerprint density at radius 1 is 1.24 bits per heavy atom. The second-order valence-electron chi connectivity index (χ2n) is 6.22. The van der Waals surface area contributed by atoms with Crippen LogP contribution in [0.15, 0.2) is 6.07 Å². The lowest BCUT2D eigenvalue weighted by Crippen LogP contribution is -2.37. The second-order valence-corrected chi connectivity index (χ2v) is 6.22. The second kappa shape index (κ2) is 8.54. The molecule has 1 aromatic rings. The minimum absolute atomic E-state index is 0.870. The molecule has 1 saturated heterocycles. The Bertz CT molecular complexity index is 405. The maximum Gasteiger partial charge on any atom is 0.0625 e. The normalized spacial score (nSPS) is 17.5. The summed E-state index contributed by atoms with van der Waals surface area (Å²) in [5.41, 5.74) is 2.61. The number of nitrogens with zero attached hydrogens (tertiary/aromatic N) is 3. The quantitative estimate of drug-likeness (QED) is 0.748. The van der Waals surface area contributed by atoms with E-state index in [-0.39, 0.29) is 0 Å². The van der Waals surface area contributed by atoms with Gasteiger partial charge in [-0.05, 0) is 70.8 Å². The average molecular weight is 292 g/mol.